The Hall–Kier alpha value is -4.18. The molecular weight excluding hydrogens is 420 g/mol. The number of aryl methyl sites for hydroxylation is 1. The van der Waals surface area contributed by atoms with E-state index in [0.29, 0.717) is 23.2 Å². The summed E-state index contributed by atoms with van der Waals surface area (Å²) in [5, 5.41) is 0. The van der Waals surface area contributed by atoms with Gasteiger partial charge < -0.3 is 9.47 Å². The van der Waals surface area contributed by atoms with Crippen LogP contribution in [0.1, 0.15) is 32.6 Å². The molecule has 0 N–H and O–H groups in total. The fourth-order valence-electron chi connectivity index (χ4n) is 4.06. The minimum Gasteiger partial charge on any atom is -0.345 e. The molecule has 4 rings (SSSR count). The Labute approximate surface area is 200 Å². The Kier molecular flexibility index (Phi) is 6.88. The van der Waals surface area contributed by atoms with Crippen LogP contribution in [-0.2, 0) is 6.54 Å². The maximum absolute atomic E-state index is 13.9. The number of nitrogens with zero attached hydrogens (tertiary/aromatic N) is 2. The second kappa shape index (κ2) is 10.2. The molecule has 0 unspecified atom stereocenters. The predicted molar refractivity (Wildman–Crippen MR) is 140 cm³/mol. The first-order valence-corrected chi connectivity index (χ1v) is 11.3. The summed E-state index contributed by atoms with van der Waals surface area (Å²) in [5.74, 6) is -0.135. The van der Waals surface area contributed by atoms with E-state index in [9.17, 15) is 9.59 Å². The second-order valence-electron chi connectivity index (χ2n) is 8.51. The summed E-state index contributed by atoms with van der Waals surface area (Å²) >= 11 is 0. The first-order chi connectivity index (χ1) is 16.5. The lowest BCUT2D eigenvalue weighted by atomic mass is 9.93. The molecule has 170 valence electrons. The van der Waals surface area contributed by atoms with Crippen LogP contribution in [0.2, 0.25) is 0 Å². The minimum absolute atomic E-state index is 0.124. The van der Waals surface area contributed by atoms with Crippen molar-refractivity contribution in [1.29, 1.82) is 0 Å². The molecule has 0 spiro atoms. The zero-order chi connectivity index (χ0) is 24.1. The number of benzene rings is 3. The molecule has 0 aliphatic carbocycles. The van der Waals surface area contributed by atoms with Crippen LogP contribution in [0.3, 0.4) is 0 Å². The Morgan fingerprint density at radius 2 is 1.47 bits per heavy atom. The van der Waals surface area contributed by atoms with Crippen molar-refractivity contribution in [2.75, 3.05) is 14.1 Å². The van der Waals surface area contributed by atoms with Gasteiger partial charge in [-0.25, -0.2) is 0 Å². The highest BCUT2D eigenvalue weighted by Crippen LogP contribution is 2.29. The number of carbonyl (C=O) groups excluding carboxylic acids is 1. The molecule has 1 heterocycles. The van der Waals surface area contributed by atoms with E-state index in [4.69, 9.17) is 0 Å². The van der Waals surface area contributed by atoms with E-state index in [0.717, 1.165) is 22.3 Å². The molecule has 34 heavy (non-hydrogen) atoms. The van der Waals surface area contributed by atoms with Crippen LogP contribution in [0, 0.1) is 6.92 Å². The molecule has 0 fully saturated rings. The summed E-state index contributed by atoms with van der Waals surface area (Å²) in [4.78, 5) is 28.4. The van der Waals surface area contributed by atoms with Crippen molar-refractivity contribution in [3.05, 3.63) is 129 Å². The summed E-state index contributed by atoms with van der Waals surface area (Å²) in [6.45, 7) is 2.46. The number of hydrogen-bond acceptors (Lipinski definition) is 2. The third-order valence-electron chi connectivity index (χ3n) is 5.79. The summed E-state index contributed by atoms with van der Waals surface area (Å²) in [5.41, 5.74) is 5.43. The Morgan fingerprint density at radius 3 is 2.15 bits per heavy atom. The monoisotopic (exact) mass is 448 g/mol. The zero-order valence-electron chi connectivity index (χ0n) is 19.7. The van der Waals surface area contributed by atoms with Crippen molar-refractivity contribution < 1.29 is 4.79 Å². The number of rotatable bonds is 6. The summed E-state index contributed by atoms with van der Waals surface area (Å²) in [6, 6.07) is 27.2. The van der Waals surface area contributed by atoms with Crippen molar-refractivity contribution in [3.63, 3.8) is 0 Å². The van der Waals surface area contributed by atoms with E-state index in [-0.39, 0.29) is 11.5 Å². The van der Waals surface area contributed by atoms with Gasteiger partial charge in [-0.05, 0) is 35.2 Å². The summed E-state index contributed by atoms with van der Waals surface area (Å²) in [6.07, 6.45) is 5.88. The van der Waals surface area contributed by atoms with Crippen LogP contribution in [0.4, 0.5) is 0 Å². The highest BCUT2D eigenvalue weighted by Gasteiger charge is 2.21. The van der Waals surface area contributed by atoms with Crippen LogP contribution in [-0.4, -0.2) is 29.5 Å². The molecule has 0 radical (unpaired) electrons. The number of pyridine rings is 1. The van der Waals surface area contributed by atoms with Crippen LogP contribution in [0.5, 0.6) is 0 Å². The molecule has 0 aliphatic heterocycles. The number of carbonyl (C=O) groups is 1. The largest absolute Gasteiger partial charge is 0.345 e. The lowest BCUT2D eigenvalue weighted by Crippen LogP contribution is -2.26. The molecule has 0 saturated carbocycles. The standard InChI is InChI=1S/C30H28N2O2/c1-22-20-32(21-24-14-8-5-9-15-24)30(34)28(25(22)19-18-23-12-6-4-7-13-23)26-16-10-11-17-27(26)29(33)31(2)3/h4-20H,21H2,1-3H3/b19-18+. The number of aromatic nitrogens is 1. The van der Waals surface area contributed by atoms with Crippen LogP contribution < -0.4 is 5.56 Å². The van der Waals surface area contributed by atoms with Gasteiger partial charge in [-0.15, -0.1) is 0 Å². The van der Waals surface area contributed by atoms with Crippen molar-refractivity contribution in [2.45, 2.75) is 13.5 Å². The van der Waals surface area contributed by atoms with Crippen molar-refractivity contribution >= 4 is 18.1 Å². The van der Waals surface area contributed by atoms with Crippen LogP contribution in [0.25, 0.3) is 23.3 Å². The van der Waals surface area contributed by atoms with E-state index >= 15 is 0 Å². The van der Waals surface area contributed by atoms with Gasteiger partial charge in [0.1, 0.15) is 0 Å². The average molecular weight is 449 g/mol. The van der Waals surface area contributed by atoms with E-state index in [1.807, 2.05) is 104 Å². The van der Waals surface area contributed by atoms with Gasteiger partial charge in [0.05, 0.1) is 12.1 Å². The maximum Gasteiger partial charge on any atom is 0.259 e. The SMILES string of the molecule is Cc1cn(Cc2ccccc2)c(=O)c(-c2ccccc2C(=O)N(C)C)c1/C=C/c1ccccc1. The van der Waals surface area contributed by atoms with Gasteiger partial charge in [-0.3, -0.25) is 9.59 Å². The third-order valence-corrected chi connectivity index (χ3v) is 5.79. The number of hydrogen-bond donors (Lipinski definition) is 0. The molecule has 3 aromatic carbocycles. The lowest BCUT2D eigenvalue weighted by Gasteiger charge is -2.18. The highest BCUT2D eigenvalue weighted by atomic mass is 16.2. The van der Waals surface area contributed by atoms with Gasteiger partial charge in [0.25, 0.3) is 11.5 Å². The quantitative estimate of drug-likeness (QED) is 0.377. The van der Waals surface area contributed by atoms with E-state index in [1.165, 1.54) is 4.90 Å². The smallest absolute Gasteiger partial charge is 0.259 e. The Morgan fingerprint density at radius 1 is 0.853 bits per heavy atom. The van der Waals surface area contributed by atoms with E-state index in [1.54, 1.807) is 24.7 Å². The van der Waals surface area contributed by atoms with E-state index < -0.39 is 0 Å². The lowest BCUT2D eigenvalue weighted by molar-refractivity contribution is 0.0828. The maximum atomic E-state index is 13.9. The van der Waals surface area contributed by atoms with Gasteiger partial charge in [0.15, 0.2) is 0 Å². The van der Waals surface area contributed by atoms with Crippen molar-refractivity contribution in [1.82, 2.24) is 9.47 Å². The van der Waals surface area contributed by atoms with Crippen LogP contribution in [0.15, 0.2) is 95.9 Å². The third kappa shape index (κ3) is 4.91. The number of amides is 1. The highest BCUT2D eigenvalue weighted by molar-refractivity contribution is 6.01. The van der Waals surface area contributed by atoms with Crippen molar-refractivity contribution in [3.8, 4) is 11.1 Å². The first-order valence-electron chi connectivity index (χ1n) is 11.3. The van der Waals surface area contributed by atoms with Gasteiger partial charge in [-0.2, -0.15) is 0 Å². The molecule has 4 aromatic rings. The topological polar surface area (TPSA) is 42.3 Å². The first kappa shape index (κ1) is 23.0. The van der Waals surface area contributed by atoms with Crippen LogP contribution >= 0.6 is 0 Å². The second-order valence-corrected chi connectivity index (χ2v) is 8.51. The van der Waals surface area contributed by atoms with Gasteiger partial charge in [0.2, 0.25) is 0 Å². The van der Waals surface area contributed by atoms with Crippen molar-refractivity contribution in [2.24, 2.45) is 0 Å². The van der Waals surface area contributed by atoms with Gasteiger partial charge in [0, 0.05) is 31.4 Å². The minimum atomic E-state index is -0.135. The average Bonchev–Trinajstić information content (AvgIpc) is 2.86. The molecule has 4 nitrogen and oxygen atoms in total. The summed E-state index contributed by atoms with van der Waals surface area (Å²) in [7, 11) is 3.44. The predicted octanol–water partition coefficient (Wildman–Crippen LogP) is 5.74. The Bertz CT molecular complexity index is 1380. The zero-order valence-corrected chi connectivity index (χ0v) is 19.7. The molecule has 4 heteroatoms. The van der Waals surface area contributed by atoms with Gasteiger partial charge >= 0.3 is 0 Å². The fourth-order valence-corrected chi connectivity index (χ4v) is 4.06. The molecule has 0 bridgehead atoms. The molecule has 0 atom stereocenters. The normalized spacial score (nSPS) is 11.0. The summed E-state index contributed by atoms with van der Waals surface area (Å²) < 4.78 is 1.73. The Balaban J connectivity index is 1.95. The fraction of sp³-hybridized carbons (Fsp3) is 0.133. The van der Waals surface area contributed by atoms with E-state index in [2.05, 4.69) is 0 Å². The molecular formula is C30H28N2O2. The molecule has 0 aliphatic rings. The molecule has 0 saturated heterocycles. The molecule has 1 amide bonds. The molecule has 1 aromatic heterocycles. The van der Waals surface area contributed by atoms with Gasteiger partial charge in [-0.1, -0.05) is 91.0 Å².